The lowest BCUT2D eigenvalue weighted by Gasteiger charge is -2.18. The van der Waals surface area contributed by atoms with Gasteiger partial charge in [0.2, 0.25) is 0 Å². The highest BCUT2D eigenvalue weighted by molar-refractivity contribution is 5.71. The normalized spacial score (nSPS) is 12.8. The molecule has 0 aliphatic rings. The van der Waals surface area contributed by atoms with E-state index in [2.05, 4.69) is 106 Å². The largest absolute Gasteiger partial charge is 0.462 e. The molecule has 0 rings (SSSR count). The van der Waals surface area contributed by atoms with Crippen molar-refractivity contribution in [3.05, 3.63) is 85.1 Å². The van der Waals surface area contributed by atoms with Gasteiger partial charge in [0.1, 0.15) is 13.2 Å². The molecule has 0 saturated carbocycles. The lowest BCUT2D eigenvalue weighted by atomic mass is 10.1. The van der Waals surface area contributed by atoms with E-state index in [1.807, 2.05) is 0 Å². The first-order valence-electron chi connectivity index (χ1n) is 24.1. The Hall–Kier alpha value is -3.41. The van der Waals surface area contributed by atoms with Gasteiger partial charge in [-0.05, 0) is 89.9 Å². The number of ether oxygens (including phenoxy) is 3. The van der Waals surface area contributed by atoms with Gasteiger partial charge in [0.05, 0.1) is 0 Å². The molecule has 336 valence electrons. The summed E-state index contributed by atoms with van der Waals surface area (Å²) in [4.78, 5) is 37.8. The Balaban J connectivity index is 4.48. The molecule has 0 fully saturated rings. The number of carbonyl (C=O) groups excluding carboxylic acids is 3. The van der Waals surface area contributed by atoms with Crippen molar-refractivity contribution < 1.29 is 28.6 Å². The van der Waals surface area contributed by atoms with Crippen molar-refractivity contribution in [3.8, 4) is 0 Å². The average Bonchev–Trinajstić information content (AvgIpc) is 3.23. The fourth-order valence-corrected chi connectivity index (χ4v) is 6.33. The molecule has 0 aliphatic carbocycles. The first-order valence-corrected chi connectivity index (χ1v) is 24.1. The number of allylic oxidation sites excluding steroid dienone is 14. The fourth-order valence-electron chi connectivity index (χ4n) is 6.33. The predicted octanol–water partition coefficient (Wildman–Crippen LogP) is 15.6. The zero-order valence-corrected chi connectivity index (χ0v) is 38.2. The van der Waals surface area contributed by atoms with Crippen LogP contribution in [0.25, 0.3) is 0 Å². The number of rotatable bonds is 42. The van der Waals surface area contributed by atoms with Crippen LogP contribution >= 0.6 is 0 Å². The summed E-state index contributed by atoms with van der Waals surface area (Å²) in [6.07, 6.45) is 59.9. The van der Waals surface area contributed by atoms with Crippen LogP contribution in [-0.2, 0) is 28.6 Å². The maximum atomic E-state index is 12.8. The Morgan fingerprint density at radius 2 is 0.661 bits per heavy atom. The maximum absolute atomic E-state index is 12.8. The topological polar surface area (TPSA) is 78.9 Å². The molecule has 0 aromatic heterocycles. The Labute approximate surface area is 363 Å². The zero-order chi connectivity index (χ0) is 43.0. The number of unbranched alkanes of at least 4 members (excludes halogenated alkanes) is 17. The molecule has 0 aromatic carbocycles. The molecule has 0 heterocycles. The highest BCUT2D eigenvalue weighted by atomic mass is 16.6. The van der Waals surface area contributed by atoms with Gasteiger partial charge < -0.3 is 14.2 Å². The monoisotopic (exact) mass is 821 g/mol. The predicted molar refractivity (Wildman–Crippen MR) is 251 cm³/mol. The van der Waals surface area contributed by atoms with Crippen molar-refractivity contribution >= 4 is 17.9 Å². The molecule has 0 N–H and O–H groups in total. The number of esters is 3. The van der Waals surface area contributed by atoms with Crippen LogP contribution in [0.2, 0.25) is 0 Å². The summed E-state index contributed by atoms with van der Waals surface area (Å²) in [5.41, 5.74) is 0. The molecule has 0 bridgehead atoms. The Morgan fingerprint density at radius 1 is 0.356 bits per heavy atom. The second kappa shape index (κ2) is 47.3. The molecular weight excluding hydrogens is 733 g/mol. The minimum absolute atomic E-state index is 0.0963. The van der Waals surface area contributed by atoms with E-state index >= 15 is 0 Å². The van der Waals surface area contributed by atoms with Crippen molar-refractivity contribution in [2.75, 3.05) is 13.2 Å². The van der Waals surface area contributed by atoms with Crippen LogP contribution < -0.4 is 0 Å². The van der Waals surface area contributed by atoms with Gasteiger partial charge in [-0.15, -0.1) is 0 Å². The Morgan fingerprint density at radius 3 is 1.07 bits per heavy atom. The molecule has 0 amide bonds. The molecule has 0 radical (unpaired) electrons. The Bertz CT molecular complexity index is 1170. The van der Waals surface area contributed by atoms with E-state index in [0.29, 0.717) is 19.3 Å². The van der Waals surface area contributed by atoms with Crippen LogP contribution in [0, 0.1) is 0 Å². The summed E-state index contributed by atoms with van der Waals surface area (Å²) in [6, 6.07) is 0. The third-order valence-corrected chi connectivity index (χ3v) is 9.90. The summed E-state index contributed by atoms with van der Waals surface area (Å²) in [7, 11) is 0. The van der Waals surface area contributed by atoms with E-state index in [1.54, 1.807) is 0 Å². The second-order valence-electron chi connectivity index (χ2n) is 15.6. The van der Waals surface area contributed by atoms with Gasteiger partial charge in [0, 0.05) is 19.3 Å². The van der Waals surface area contributed by atoms with Crippen LogP contribution in [0.15, 0.2) is 85.1 Å². The van der Waals surface area contributed by atoms with E-state index in [1.165, 1.54) is 51.4 Å². The van der Waals surface area contributed by atoms with Gasteiger partial charge in [-0.2, -0.15) is 0 Å². The molecule has 1 atom stereocenters. The van der Waals surface area contributed by atoms with E-state index in [-0.39, 0.29) is 31.1 Å². The summed E-state index contributed by atoms with van der Waals surface area (Å²) >= 11 is 0. The molecule has 0 aliphatic heterocycles. The maximum Gasteiger partial charge on any atom is 0.306 e. The van der Waals surface area contributed by atoms with E-state index in [4.69, 9.17) is 14.2 Å². The highest BCUT2D eigenvalue weighted by Crippen LogP contribution is 2.14. The lowest BCUT2D eigenvalue weighted by molar-refractivity contribution is -0.167. The Kier molecular flexibility index (Phi) is 44.5. The minimum Gasteiger partial charge on any atom is -0.462 e. The van der Waals surface area contributed by atoms with Crippen molar-refractivity contribution in [2.45, 2.75) is 219 Å². The molecule has 0 saturated heterocycles. The molecule has 59 heavy (non-hydrogen) atoms. The van der Waals surface area contributed by atoms with Gasteiger partial charge in [-0.3, -0.25) is 14.4 Å². The molecule has 0 spiro atoms. The molecular formula is C53H88O6. The van der Waals surface area contributed by atoms with E-state index in [9.17, 15) is 14.4 Å². The third kappa shape index (κ3) is 45.5. The molecule has 6 heteroatoms. The van der Waals surface area contributed by atoms with Crippen molar-refractivity contribution in [1.82, 2.24) is 0 Å². The van der Waals surface area contributed by atoms with Gasteiger partial charge in [0.15, 0.2) is 6.10 Å². The second-order valence-corrected chi connectivity index (χ2v) is 15.6. The number of hydrogen-bond donors (Lipinski definition) is 0. The smallest absolute Gasteiger partial charge is 0.306 e. The van der Waals surface area contributed by atoms with Crippen LogP contribution in [0.3, 0.4) is 0 Å². The van der Waals surface area contributed by atoms with Gasteiger partial charge in [0.25, 0.3) is 0 Å². The van der Waals surface area contributed by atoms with Gasteiger partial charge >= 0.3 is 17.9 Å². The average molecular weight is 821 g/mol. The fraction of sp³-hybridized carbons (Fsp3) is 0.679. The first-order chi connectivity index (χ1) is 29.0. The van der Waals surface area contributed by atoms with Crippen LogP contribution in [0.5, 0.6) is 0 Å². The van der Waals surface area contributed by atoms with Gasteiger partial charge in [-0.25, -0.2) is 0 Å². The van der Waals surface area contributed by atoms with E-state index in [0.717, 1.165) is 122 Å². The zero-order valence-electron chi connectivity index (χ0n) is 38.2. The molecule has 0 aromatic rings. The van der Waals surface area contributed by atoms with Crippen LogP contribution in [0.4, 0.5) is 0 Å². The summed E-state index contributed by atoms with van der Waals surface area (Å²) < 4.78 is 16.7. The standard InChI is InChI=1S/C53H88O6/c1-4-7-10-13-16-19-22-24-26-28-31-34-37-40-43-46-52(55)58-49-50(48-57-51(54)45-42-39-36-33-30-21-18-15-12-9-6-3)59-53(56)47-44-41-38-35-32-29-27-25-23-20-17-14-11-8-5-2/h7-8,10-11,16-17,19-20,24-27,31,34,50H,4-6,9,12-15,18,21-23,28-30,32-33,35-49H2,1-3H3/b10-7-,11-8-,19-16-,20-17-,26-24-,27-25-,34-31-. The quantitative estimate of drug-likeness (QED) is 0.0264. The molecule has 1 unspecified atom stereocenters. The van der Waals surface area contributed by atoms with Crippen molar-refractivity contribution in [1.29, 1.82) is 0 Å². The van der Waals surface area contributed by atoms with Crippen molar-refractivity contribution in [2.24, 2.45) is 0 Å². The van der Waals surface area contributed by atoms with Gasteiger partial charge in [-0.1, -0.05) is 189 Å². The first kappa shape index (κ1) is 55.6. The summed E-state index contributed by atoms with van der Waals surface area (Å²) in [5, 5.41) is 0. The van der Waals surface area contributed by atoms with Crippen LogP contribution in [-0.4, -0.2) is 37.2 Å². The van der Waals surface area contributed by atoms with Crippen molar-refractivity contribution in [3.63, 3.8) is 0 Å². The minimum atomic E-state index is -0.800. The number of hydrogen-bond acceptors (Lipinski definition) is 6. The lowest BCUT2D eigenvalue weighted by Crippen LogP contribution is -2.30. The highest BCUT2D eigenvalue weighted by Gasteiger charge is 2.19. The van der Waals surface area contributed by atoms with Crippen LogP contribution in [0.1, 0.15) is 213 Å². The summed E-state index contributed by atoms with van der Waals surface area (Å²) in [5.74, 6) is -0.962. The molecule has 6 nitrogen and oxygen atoms in total. The summed E-state index contributed by atoms with van der Waals surface area (Å²) in [6.45, 7) is 6.34. The SMILES string of the molecule is CC/C=C\C/C=C\C/C=C\C/C=C\CCCCC(=O)OCC(COC(=O)CCCCCCCCCCCCC)OC(=O)CCCCCCC/C=C\C/C=C\C/C=C\CC. The van der Waals surface area contributed by atoms with E-state index < -0.39 is 6.10 Å². The third-order valence-electron chi connectivity index (χ3n) is 9.90. The number of carbonyl (C=O) groups is 3.